The lowest BCUT2D eigenvalue weighted by atomic mass is 10.3. The molecule has 0 N–H and O–H groups in total. The summed E-state index contributed by atoms with van der Waals surface area (Å²) >= 11 is 0. The van der Waals surface area contributed by atoms with Gasteiger partial charge in [-0.25, -0.2) is 9.59 Å². The third kappa shape index (κ3) is 15.3. The number of hydrogen-bond acceptors (Lipinski definition) is 8. The van der Waals surface area contributed by atoms with Crippen LogP contribution in [-0.2, 0) is 38.0 Å². The summed E-state index contributed by atoms with van der Waals surface area (Å²) in [4.78, 5) is 21.9. The summed E-state index contributed by atoms with van der Waals surface area (Å²) < 4.78 is 32.1. The van der Waals surface area contributed by atoms with E-state index in [9.17, 15) is 9.59 Å². The molecular weight excluding hydrogens is 368 g/mol. The molecule has 0 radical (unpaired) electrons. The van der Waals surface area contributed by atoms with Crippen molar-refractivity contribution in [2.45, 2.75) is 52.1 Å². The van der Waals surface area contributed by atoms with E-state index >= 15 is 0 Å². The summed E-state index contributed by atoms with van der Waals surface area (Å²) in [5.41, 5.74) is 0. The van der Waals surface area contributed by atoms with E-state index in [1.165, 1.54) is 0 Å². The Bertz CT molecular complexity index is 465. The molecule has 8 heteroatoms. The van der Waals surface area contributed by atoms with Crippen LogP contribution >= 0.6 is 0 Å². The van der Waals surface area contributed by atoms with Crippen LogP contribution in [0.25, 0.3) is 0 Å². The Hall–Kier alpha value is -1.74. The topological polar surface area (TPSA) is 89.5 Å². The predicted octanol–water partition coefficient (Wildman–Crippen LogP) is 2.07. The van der Waals surface area contributed by atoms with Crippen LogP contribution in [0.5, 0.6) is 0 Å². The second-order valence-corrected chi connectivity index (χ2v) is 6.32. The molecule has 162 valence electrons. The van der Waals surface area contributed by atoms with Gasteiger partial charge >= 0.3 is 11.9 Å². The van der Waals surface area contributed by atoms with Gasteiger partial charge in [0, 0.05) is 12.2 Å². The third-order valence-electron chi connectivity index (χ3n) is 3.37. The Morgan fingerprint density at radius 3 is 1.50 bits per heavy atom. The van der Waals surface area contributed by atoms with Crippen LogP contribution in [0.4, 0.5) is 0 Å². The van der Waals surface area contributed by atoms with E-state index in [0.717, 1.165) is 12.2 Å². The molecule has 4 atom stereocenters. The van der Waals surface area contributed by atoms with Crippen molar-refractivity contribution < 1.29 is 38.0 Å². The first-order valence-corrected chi connectivity index (χ1v) is 9.33. The number of ether oxygens (including phenoxy) is 6. The van der Waals surface area contributed by atoms with Crippen LogP contribution < -0.4 is 0 Å². The van der Waals surface area contributed by atoms with E-state index in [-0.39, 0.29) is 37.6 Å². The zero-order chi connectivity index (χ0) is 21.4. The molecule has 0 aromatic rings. The van der Waals surface area contributed by atoms with Crippen molar-refractivity contribution in [3.8, 4) is 0 Å². The molecular formula is C20H34O8. The maximum Gasteiger partial charge on any atom is 0.330 e. The minimum atomic E-state index is -0.471. The first kappa shape index (κ1) is 26.3. The normalized spacial score (nSPS) is 15.1. The van der Waals surface area contributed by atoms with Crippen molar-refractivity contribution in [1.29, 1.82) is 0 Å². The van der Waals surface area contributed by atoms with Gasteiger partial charge in [-0.1, -0.05) is 13.2 Å². The molecule has 0 aromatic heterocycles. The molecule has 0 aromatic carbocycles. The summed E-state index contributed by atoms with van der Waals surface area (Å²) in [6.45, 7) is 16.0. The van der Waals surface area contributed by atoms with Gasteiger partial charge in [0.25, 0.3) is 0 Å². The van der Waals surface area contributed by atoms with E-state index in [0.29, 0.717) is 26.4 Å². The van der Waals surface area contributed by atoms with Crippen molar-refractivity contribution in [2.24, 2.45) is 0 Å². The Morgan fingerprint density at radius 1 is 0.643 bits per heavy atom. The van der Waals surface area contributed by atoms with Crippen LogP contribution in [-0.4, -0.2) is 76.0 Å². The maximum atomic E-state index is 11.0. The van der Waals surface area contributed by atoms with Crippen molar-refractivity contribution in [3.05, 3.63) is 25.3 Å². The van der Waals surface area contributed by atoms with Crippen molar-refractivity contribution in [2.75, 3.05) is 39.6 Å². The molecule has 0 amide bonds. The molecule has 0 spiro atoms. The molecule has 0 aliphatic heterocycles. The van der Waals surface area contributed by atoms with Crippen LogP contribution in [0.3, 0.4) is 0 Å². The highest BCUT2D eigenvalue weighted by Gasteiger charge is 2.12. The quantitative estimate of drug-likeness (QED) is 0.207. The van der Waals surface area contributed by atoms with E-state index in [2.05, 4.69) is 13.2 Å². The number of esters is 2. The molecule has 0 heterocycles. The molecule has 0 aliphatic rings. The van der Waals surface area contributed by atoms with E-state index in [1.807, 2.05) is 27.7 Å². The molecule has 4 unspecified atom stereocenters. The van der Waals surface area contributed by atoms with Crippen LogP contribution in [0.15, 0.2) is 25.3 Å². The largest absolute Gasteiger partial charge is 0.460 e. The van der Waals surface area contributed by atoms with Gasteiger partial charge in [-0.3, -0.25) is 0 Å². The number of carbonyl (C=O) groups excluding carboxylic acids is 2. The van der Waals surface area contributed by atoms with Gasteiger partial charge in [-0.15, -0.1) is 0 Å². The summed E-state index contributed by atoms with van der Waals surface area (Å²) in [6, 6.07) is 0. The molecule has 28 heavy (non-hydrogen) atoms. The monoisotopic (exact) mass is 402 g/mol. The van der Waals surface area contributed by atoms with Gasteiger partial charge in [0.15, 0.2) is 0 Å². The number of rotatable bonds is 17. The number of carbonyl (C=O) groups is 2. The summed E-state index contributed by atoms with van der Waals surface area (Å²) in [7, 11) is 0. The van der Waals surface area contributed by atoms with Crippen molar-refractivity contribution in [3.63, 3.8) is 0 Å². The lowest BCUT2D eigenvalue weighted by Gasteiger charge is -2.21. The summed E-state index contributed by atoms with van der Waals surface area (Å²) in [6.07, 6.45) is 1.62. The minimum Gasteiger partial charge on any atom is -0.460 e. The average Bonchev–Trinajstić information content (AvgIpc) is 2.69. The molecule has 8 nitrogen and oxygen atoms in total. The van der Waals surface area contributed by atoms with Crippen molar-refractivity contribution in [1.82, 2.24) is 0 Å². The van der Waals surface area contributed by atoms with Gasteiger partial charge in [0.1, 0.15) is 13.2 Å². The fourth-order valence-corrected chi connectivity index (χ4v) is 1.80. The zero-order valence-corrected chi connectivity index (χ0v) is 17.4. The Morgan fingerprint density at radius 2 is 1.04 bits per heavy atom. The highest BCUT2D eigenvalue weighted by atomic mass is 16.6. The second kappa shape index (κ2) is 16.2. The number of hydrogen-bond donors (Lipinski definition) is 0. The van der Waals surface area contributed by atoms with E-state index < -0.39 is 11.9 Å². The molecule has 0 saturated heterocycles. The van der Waals surface area contributed by atoms with Gasteiger partial charge in [-0.05, 0) is 27.7 Å². The predicted molar refractivity (Wildman–Crippen MR) is 104 cm³/mol. The first-order chi connectivity index (χ1) is 13.3. The van der Waals surface area contributed by atoms with Crippen LogP contribution in [0.2, 0.25) is 0 Å². The highest BCUT2D eigenvalue weighted by Crippen LogP contribution is 2.02. The van der Waals surface area contributed by atoms with E-state index in [4.69, 9.17) is 28.4 Å². The Labute approximate surface area is 167 Å². The lowest BCUT2D eigenvalue weighted by Crippen LogP contribution is -2.28. The third-order valence-corrected chi connectivity index (χ3v) is 3.37. The highest BCUT2D eigenvalue weighted by molar-refractivity contribution is 5.81. The van der Waals surface area contributed by atoms with Crippen LogP contribution in [0.1, 0.15) is 27.7 Å². The maximum absolute atomic E-state index is 11.0. The van der Waals surface area contributed by atoms with E-state index in [1.54, 1.807) is 0 Å². The first-order valence-electron chi connectivity index (χ1n) is 9.33. The van der Waals surface area contributed by atoms with Crippen molar-refractivity contribution >= 4 is 11.9 Å². The van der Waals surface area contributed by atoms with Gasteiger partial charge in [-0.2, -0.15) is 0 Å². The summed E-state index contributed by atoms with van der Waals surface area (Å²) in [5.74, 6) is -0.940. The lowest BCUT2D eigenvalue weighted by molar-refractivity contribution is -0.143. The molecule has 0 fully saturated rings. The Kier molecular flexibility index (Phi) is 15.2. The fraction of sp³-hybridized carbons (Fsp3) is 0.700. The second-order valence-electron chi connectivity index (χ2n) is 6.32. The summed E-state index contributed by atoms with van der Waals surface area (Å²) in [5, 5.41) is 0. The van der Waals surface area contributed by atoms with Gasteiger partial charge < -0.3 is 28.4 Å². The standard InChI is InChI=1S/C20H34O8/c1-7-19(21)24-10-9-23-15(3)11-25-16(4)12-26-17(5)13-27-18(6)14-28-20(22)8-2/h7-8,15-18H,1-2,9-14H2,3-6H3. The molecule has 0 rings (SSSR count). The molecule has 0 saturated carbocycles. The van der Waals surface area contributed by atoms with Gasteiger partial charge in [0.2, 0.25) is 0 Å². The smallest absolute Gasteiger partial charge is 0.330 e. The molecule has 0 aliphatic carbocycles. The zero-order valence-electron chi connectivity index (χ0n) is 17.4. The molecule has 0 bridgehead atoms. The fourth-order valence-electron chi connectivity index (χ4n) is 1.80. The van der Waals surface area contributed by atoms with Crippen LogP contribution in [0, 0.1) is 0 Å². The Balaban J connectivity index is 3.74. The van der Waals surface area contributed by atoms with Gasteiger partial charge in [0.05, 0.1) is 50.8 Å². The SMILES string of the molecule is C=CC(=O)OCCOC(C)COC(C)COC(C)COC(C)COC(=O)C=C. The minimum absolute atomic E-state index is 0.113. The average molecular weight is 402 g/mol.